The van der Waals surface area contributed by atoms with Crippen LogP contribution in [0.15, 0.2) is 30.3 Å². The average molecular weight is 338 g/mol. The van der Waals surface area contributed by atoms with Crippen molar-refractivity contribution < 1.29 is 14.4 Å². The molecule has 3 heterocycles. The van der Waals surface area contributed by atoms with Crippen LogP contribution in [0, 0.1) is 12.3 Å². The smallest absolute Gasteiger partial charge is 0.274 e. The second-order valence-electron chi connectivity index (χ2n) is 6.74. The summed E-state index contributed by atoms with van der Waals surface area (Å²) in [4.78, 5) is 45.7. The molecule has 1 aromatic carbocycles. The zero-order chi connectivity index (χ0) is 17.6. The van der Waals surface area contributed by atoms with Crippen LogP contribution in [0.5, 0.6) is 0 Å². The average Bonchev–Trinajstić information content (AvgIpc) is 3.27. The normalized spacial score (nSPS) is 22.7. The van der Waals surface area contributed by atoms with Gasteiger partial charge in [-0.25, -0.2) is 4.98 Å². The van der Waals surface area contributed by atoms with E-state index in [-0.39, 0.29) is 30.7 Å². The Hall–Kier alpha value is -2.96. The zero-order valence-corrected chi connectivity index (χ0v) is 13.8. The molecule has 0 radical (unpaired) electrons. The highest BCUT2D eigenvalue weighted by molar-refractivity contribution is 6.06. The number of imidazole rings is 1. The van der Waals surface area contributed by atoms with Crippen molar-refractivity contribution in [2.75, 3.05) is 13.1 Å². The monoisotopic (exact) mass is 338 g/mol. The first-order valence-corrected chi connectivity index (χ1v) is 8.24. The minimum Gasteiger partial charge on any atom is -0.341 e. The molecule has 128 valence electrons. The number of benzene rings is 1. The van der Waals surface area contributed by atoms with Gasteiger partial charge in [0, 0.05) is 30.8 Å². The predicted octanol–water partition coefficient (Wildman–Crippen LogP) is 1.26. The fourth-order valence-corrected chi connectivity index (χ4v) is 3.62. The highest BCUT2D eigenvalue weighted by atomic mass is 16.2. The molecule has 7 heteroatoms. The Balaban J connectivity index is 1.57. The summed E-state index contributed by atoms with van der Waals surface area (Å²) in [6.07, 6.45) is 0.662. The lowest BCUT2D eigenvalue weighted by atomic mass is 9.85. The van der Waals surface area contributed by atoms with Crippen molar-refractivity contribution in [1.29, 1.82) is 0 Å². The van der Waals surface area contributed by atoms with Gasteiger partial charge in [-0.3, -0.25) is 19.7 Å². The van der Waals surface area contributed by atoms with E-state index in [0.717, 1.165) is 5.56 Å². The van der Waals surface area contributed by atoms with E-state index in [4.69, 9.17) is 0 Å². The molecule has 1 unspecified atom stereocenters. The molecule has 0 saturated carbocycles. The molecule has 2 fully saturated rings. The number of carbonyl (C=O) groups is 3. The maximum atomic E-state index is 12.9. The third-order valence-electron chi connectivity index (χ3n) is 5.01. The summed E-state index contributed by atoms with van der Waals surface area (Å²) in [5.74, 6) is -0.0951. The lowest BCUT2D eigenvalue weighted by Crippen LogP contribution is -2.37. The van der Waals surface area contributed by atoms with Gasteiger partial charge in [-0.05, 0) is 13.3 Å². The summed E-state index contributed by atoms with van der Waals surface area (Å²) in [6, 6.07) is 9.59. The molecule has 2 aliphatic rings. The van der Waals surface area contributed by atoms with E-state index in [1.807, 2.05) is 37.3 Å². The summed E-state index contributed by atoms with van der Waals surface area (Å²) in [5, 5.41) is 2.35. The van der Waals surface area contributed by atoms with Gasteiger partial charge in [-0.2, -0.15) is 0 Å². The number of aromatic amines is 1. The summed E-state index contributed by atoms with van der Waals surface area (Å²) in [7, 11) is 0. The van der Waals surface area contributed by atoms with Gasteiger partial charge in [-0.15, -0.1) is 0 Å². The van der Waals surface area contributed by atoms with Crippen molar-refractivity contribution in [2.24, 2.45) is 5.41 Å². The molecular formula is C18H18N4O3. The van der Waals surface area contributed by atoms with Crippen LogP contribution in [0.3, 0.4) is 0 Å². The summed E-state index contributed by atoms with van der Waals surface area (Å²) in [5.41, 5.74) is 1.19. The molecule has 2 N–H and O–H groups in total. The van der Waals surface area contributed by atoms with Crippen LogP contribution in [0.2, 0.25) is 0 Å². The van der Waals surface area contributed by atoms with E-state index in [0.29, 0.717) is 30.2 Å². The molecule has 3 amide bonds. The Kier molecular flexibility index (Phi) is 3.45. The Morgan fingerprint density at radius 2 is 2.00 bits per heavy atom. The number of rotatable bonds is 2. The molecule has 25 heavy (non-hydrogen) atoms. The van der Waals surface area contributed by atoms with Crippen LogP contribution in [0.1, 0.15) is 29.0 Å². The van der Waals surface area contributed by atoms with Gasteiger partial charge in [0.15, 0.2) is 0 Å². The molecule has 1 spiro atoms. The molecular weight excluding hydrogens is 320 g/mol. The van der Waals surface area contributed by atoms with Gasteiger partial charge in [0.05, 0.1) is 5.41 Å². The number of hydrogen-bond donors (Lipinski definition) is 2. The molecule has 2 saturated heterocycles. The number of imide groups is 1. The van der Waals surface area contributed by atoms with E-state index >= 15 is 0 Å². The predicted molar refractivity (Wildman–Crippen MR) is 89.5 cm³/mol. The van der Waals surface area contributed by atoms with Gasteiger partial charge in [-0.1, -0.05) is 30.3 Å². The van der Waals surface area contributed by atoms with Crippen molar-refractivity contribution in [3.63, 3.8) is 0 Å². The number of likely N-dealkylation sites (tertiary alicyclic amines) is 1. The SMILES string of the molecule is Cc1[nH]c(-c2ccccc2)nc1C(=O)N1CCC2(CC(=O)NC2=O)C1. The van der Waals surface area contributed by atoms with Gasteiger partial charge in [0.25, 0.3) is 5.91 Å². The second kappa shape index (κ2) is 5.54. The van der Waals surface area contributed by atoms with Crippen LogP contribution in [0.4, 0.5) is 0 Å². The molecule has 1 atom stereocenters. The first-order chi connectivity index (χ1) is 12.0. The fourth-order valence-electron chi connectivity index (χ4n) is 3.62. The number of nitrogens with zero attached hydrogens (tertiary/aromatic N) is 2. The molecule has 0 aliphatic carbocycles. The van der Waals surface area contributed by atoms with Crippen LogP contribution in [-0.2, 0) is 9.59 Å². The fraction of sp³-hybridized carbons (Fsp3) is 0.333. The third-order valence-corrected chi connectivity index (χ3v) is 5.01. The Morgan fingerprint density at radius 1 is 1.24 bits per heavy atom. The number of H-pyrrole nitrogens is 1. The lowest BCUT2D eigenvalue weighted by Gasteiger charge is -2.19. The third kappa shape index (κ3) is 2.52. The summed E-state index contributed by atoms with van der Waals surface area (Å²) >= 11 is 0. The van der Waals surface area contributed by atoms with Crippen LogP contribution < -0.4 is 5.32 Å². The maximum absolute atomic E-state index is 12.9. The number of hydrogen-bond acceptors (Lipinski definition) is 4. The lowest BCUT2D eigenvalue weighted by molar-refractivity contribution is -0.128. The Labute approximate surface area is 144 Å². The van der Waals surface area contributed by atoms with Gasteiger partial charge >= 0.3 is 0 Å². The van der Waals surface area contributed by atoms with Crippen molar-refractivity contribution in [1.82, 2.24) is 20.2 Å². The standard InChI is InChI=1S/C18H18N4O3/c1-11-14(21-15(19-11)12-5-3-2-4-6-12)16(24)22-8-7-18(10-22)9-13(23)20-17(18)25/h2-6H,7-10H2,1H3,(H,19,21)(H,20,23,25). The second-order valence-corrected chi connectivity index (χ2v) is 6.74. The highest BCUT2D eigenvalue weighted by Crippen LogP contribution is 2.38. The van der Waals surface area contributed by atoms with Gasteiger partial charge < -0.3 is 9.88 Å². The van der Waals surface area contributed by atoms with Crippen LogP contribution in [0.25, 0.3) is 11.4 Å². The number of carbonyl (C=O) groups excluding carboxylic acids is 3. The summed E-state index contributed by atoms with van der Waals surface area (Å²) < 4.78 is 0. The van der Waals surface area contributed by atoms with Crippen molar-refractivity contribution >= 4 is 17.7 Å². The van der Waals surface area contributed by atoms with E-state index in [1.165, 1.54) is 0 Å². The topological polar surface area (TPSA) is 95.2 Å². The largest absolute Gasteiger partial charge is 0.341 e. The van der Waals surface area contributed by atoms with E-state index in [2.05, 4.69) is 15.3 Å². The molecule has 2 aliphatic heterocycles. The van der Waals surface area contributed by atoms with Crippen LogP contribution >= 0.6 is 0 Å². The summed E-state index contributed by atoms with van der Waals surface area (Å²) in [6.45, 7) is 2.52. The quantitative estimate of drug-likeness (QED) is 0.806. The van der Waals surface area contributed by atoms with Crippen LogP contribution in [-0.4, -0.2) is 45.7 Å². The number of aryl methyl sites for hydroxylation is 1. The van der Waals surface area contributed by atoms with E-state index in [9.17, 15) is 14.4 Å². The number of nitrogens with one attached hydrogen (secondary N) is 2. The molecule has 2 aromatic rings. The Morgan fingerprint density at radius 3 is 2.68 bits per heavy atom. The molecule has 0 bridgehead atoms. The van der Waals surface area contributed by atoms with Crippen molar-refractivity contribution in [3.8, 4) is 11.4 Å². The zero-order valence-electron chi connectivity index (χ0n) is 13.8. The number of aromatic nitrogens is 2. The first-order valence-electron chi connectivity index (χ1n) is 8.24. The number of amides is 3. The van der Waals surface area contributed by atoms with Crippen molar-refractivity contribution in [3.05, 3.63) is 41.7 Å². The molecule has 1 aromatic heterocycles. The molecule has 4 rings (SSSR count). The van der Waals surface area contributed by atoms with Crippen molar-refractivity contribution in [2.45, 2.75) is 19.8 Å². The van der Waals surface area contributed by atoms with Gasteiger partial charge in [0.1, 0.15) is 11.5 Å². The van der Waals surface area contributed by atoms with E-state index < -0.39 is 5.41 Å². The molecule has 7 nitrogen and oxygen atoms in total. The van der Waals surface area contributed by atoms with E-state index in [1.54, 1.807) is 4.90 Å². The first kappa shape index (κ1) is 15.6. The minimum absolute atomic E-state index is 0.157. The Bertz CT molecular complexity index is 874. The minimum atomic E-state index is -0.765. The highest BCUT2D eigenvalue weighted by Gasteiger charge is 2.52. The maximum Gasteiger partial charge on any atom is 0.274 e. The van der Waals surface area contributed by atoms with Gasteiger partial charge in [0.2, 0.25) is 11.8 Å².